The van der Waals surface area contributed by atoms with Gasteiger partial charge in [0.2, 0.25) is 17.7 Å². The lowest BCUT2D eigenvalue weighted by Gasteiger charge is -2.41. The van der Waals surface area contributed by atoms with Gasteiger partial charge < -0.3 is 20.4 Å². The molecule has 2 fully saturated rings. The van der Waals surface area contributed by atoms with E-state index in [1.165, 1.54) is 0 Å². The number of carbonyl (C=O) groups excluding carboxylic acids is 3. The highest BCUT2D eigenvalue weighted by Gasteiger charge is 2.47. The van der Waals surface area contributed by atoms with Crippen LogP contribution in [0, 0.1) is 11.3 Å². The Morgan fingerprint density at radius 2 is 1.68 bits per heavy atom. The van der Waals surface area contributed by atoms with Crippen molar-refractivity contribution in [2.24, 2.45) is 11.3 Å². The summed E-state index contributed by atoms with van der Waals surface area (Å²) in [6.45, 7) is 12.9. The average molecular weight is 469 g/mol. The van der Waals surface area contributed by atoms with Crippen molar-refractivity contribution in [3.63, 3.8) is 0 Å². The molecule has 1 aromatic rings. The van der Waals surface area contributed by atoms with Gasteiger partial charge >= 0.3 is 0 Å². The fraction of sp³-hybridized carbons (Fsp3) is 0.667. The van der Waals surface area contributed by atoms with Gasteiger partial charge in [-0.15, -0.1) is 0 Å². The highest BCUT2D eigenvalue weighted by Crippen LogP contribution is 2.43. The quantitative estimate of drug-likeness (QED) is 0.712. The molecule has 0 unspecified atom stereocenters. The molecule has 1 aromatic carbocycles. The largest absolute Gasteiger partial charge is 0.344 e. The lowest BCUT2D eigenvalue weighted by molar-refractivity contribution is -0.141. The molecular weight excluding hydrogens is 428 g/mol. The van der Waals surface area contributed by atoms with Gasteiger partial charge in [0.25, 0.3) is 0 Å². The van der Waals surface area contributed by atoms with E-state index in [2.05, 4.69) is 10.6 Å². The summed E-state index contributed by atoms with van der Waals surface area (Å²) in [6.07, 6.45) is 3.09. The van der Waals surface area contributed by atoms with Crippen LogP contribution in [0.3, 0.4) is 0 Å². The van der Waals surface area contributed by atoms with Crippen LogP contribution in [-0.4, -0.2) is 60.9 Å². The molecule has 3 aliphatic heterocycles. The van der Waals surface area contributed by atoms with E-state index in [-0.39, 0.29) is 35.1 Å². The number of para-hydroxylation sites is 1. The summed E-state index contributed by atoms with van der Waals surface area (Å²) in [5.74, 6) is 0.0855. The second kappa shape index (κ2) is 9.33. The molecule has 3 heterocycles. The Morgan fingerprint density at radius 3 is 2.29 bits per heavy atom. The van der Waals surface area contributed by atoms with Gasteiger partial charge in [-0.2, -0.15) is 0 Å². The summed E-state index contributed by atoms with van der Waals surface area (Å²) in [6, 6.07) is 7.58. The molecule has 3 aliphatic rings. The predicted molar refractivity (Wildman–Crippen MR) is 134 cm³/mol. The van der Waals surface area contributed by atoms with Crippen LogP contribution in [0.25, 0.3) is 0 Å². The molecule has 7 nitrogen and oxygen atoms in total. The number of nitrogens with one attached hydrogen (secondary N) is 2. The maximum absolute atomic E-state index is 13.6. The first kappa shape index (κ1) is 24.7. The molecule has 34 heavy (non-hydrogen) atoms. The molecule has 4 rings (SSSR count). The summed E-state index contributed by atoms with van der Waals surface area (Å²) < 4.78 is 0. The summed E-state index contributed by atoms with van der Waals surface area (Å²) in [7, 11) is 0. The number of anilines is 1. The third-order valence-electron chi connectivity index (χ3n) is 7.84. The van der Waals surface area contributed by atoms with E-state index in [9.17, 15) is 14.4 Å². The molecule has 7 heteroatoms. The summed E-state index contributed by atoms with van der Waals surface area (Å²) in [5.41, 5.74) is 1.17. The topological polar surface area (TPSA) is 81.8 Å². The van der Waals surface area contributed by atoms with E-state index in [1.807, 2.05) is 68.7 Å². The second-order valence-electron chi connectivity index (χ2n) is 11.7. The van der Waals surface area contributed by atoms with Crippen LogP contribution in [0.2, 0.25) is 0 Å². The Labute approximate surface area is 203 Å². The Hall–Kier alpha value is -2.41. The van der Waals surface area contributed by atoms with Crippen LogP contribution in [0.1, 0.15) is 65.9 Å². The zero-order valence-electron chi connectivity index (χ0n) is 21.3. The van der Waals surface area contributed by atoms with Crippen LogP contribution in [-0.2, 0) is 19.8 Å². The van der Waals surface area contributed by atoms with E-state index < -0.39 is 11.5 Å². The lowest BCUT2D eigenvalue weighted by atomic mass is 9.84. The molecule has 0 saturated carbocycles. The van der Waals surface area contributed by atoms with Gasteiger partial charge in [0.1, 0.15) is 6.04 Å². The number of likely N-dealkylation sites (tertiary alicyclic amines) is 1. The van der Waals surface area contributed by atoms with Gasteiger partial charge in [0.05, 0.1) is 5.41 Å². The van der Waals surface area contributed by atoms with Crippen LogP contribution < -0.4 is 15.5 Å². The van der Waals surface area contributed by atoms with Crippen LogP contribution in [0.15, 0.2) is 24.3 Å². The smallest absolute Gasteiger partial charge is 0.245 e. The first-order chi connectivity index (χ1) is 16.0. The number of carbonyl (C=O) groups is 3. The molecule has 2 saturated heterocycles. The van der Waals surface area contributed by atoms with Crippen LogP contribution >= 0.6 is 0 Å². The summed E-state index contributed by atoms with van der Waals surface area (Å²) >= 11 is 0. The van der Waals surface area contributed by atoms with E-state index in [0.29, 0.717) is 13.1 Å². The van der Waals surface area contributed by atoms with Crippen molar-refractivity contribution < 1.29 is 14.4 Å². The molecule has 0 spiro atoms. The highest BCUT2D eigenvalue weighted by molar-refractivity contribution is 6.08. The van der Waals surface area contributed by atoms with Crippen LogP contribution in [0.4, 0.5) is 5.69 Å². The van der Waals surface area contributed by atoms with Gasteiger partial charge in [0.15, 0.2) is 0 Å². The van der Waals surface area contributed by atoms with Gasteiger partial charge in [-0.25, -0.2) is 0 Å². The lowest BCUT2D eigenvalue weighted by Crippen LogP contribution is -2.58. The first-order valence-electron chi connectivity index (χ1n) is 12.7. The first-order valence-corrected chi connectivity index (χ1v) is 12.7. The third kappa shape index (κ3) is 4.59. The number of piperidine rings is 2. The molecular formula is C27H40N4O3. The molecule has 186 valence electrons. The summed E-state index contributed by atoms with van der Waals surface area (Å²) in [5, 5.41) is 6.38. The molecule has 3 amide bonds. The van der Waals surface area contributed by atoms with Crippen molar-refractivity contribution >= 4 is 23.4 Å². The Morgan fingerprint density at radius 1 is 1.06 bits per heavy atom. The molecule has 0 radical (unpaired) electrons. The number of benzene rings is 1. The predicted octanol–water partition coefficient (Wildman–Crippen LogP) is 2.83. The van der Waals surface area contributed by atoms with Crippen molar-refractivity contribution in [2.75, 3.05) is 31.1 Å². The zero-order chi connectivity index (χ0) is 24.7. The van der Waals surface area contributed by atoms with E-state index in [0.717, 1.165) is 50.0 Å². The minimum absolute atomic E-state index is 0.00818. The maximum atomic E-state index is 13.6. The fourth-order valence-corrected chi connectivity index (χ4v) is 5.62. The minimum Gasteiger partial charge on any atom is -0.344 e. The second-order valence-corrected chi connectivity index (χ2v) is 11.7. The molecule has 0 aliphatic carbocycles. The van der Waals surface area contributed by atoms with Crippen molar-refractivity contribution in [3.05, 3.63) is 29.8 Å². The van der Waals surface area contributed by atoms with Crippen molar-refractivity contribution in [2.45, 2.75) is 77.8 Å². The number of hydrogen-bond donors (Lipinski definition) is 2. The average Bonchev–Trinajstić information content (AvgIpc) is 3.02. The standard InChI is InChI=1S/C27H40N4O3/c1-26(2,3)22(29-23(32)18-10-14-28-15-11-18)24(33)30-16-12-19(13-17-30)31-21-9-7-6-8-20(21)27(4,5)25(31)34/h6-9,18-19,22,28H,10-17H2,1-5H3,(H,29,32)/t22-/m1/s1. The van der Waals surface area contributed by atoms with E-state index in [4.69, 9.17) is 0 Å². The van der Waals surface area contributed by atoms with Gasteiger partial charge in [0, 0.05) is 30.7 Å². The van der Waals surface area contributed by atoms with Crippen molar-refractivity contribution in [3.8, 4) is 0 Å². The third-order valence-corrected chi connectivity index (χ3v) is 7.84. The van der Waals surface area contributed by atoms with Crippen molar-refractivity contribution in [1.29, 1.82) is 0 Å². The SMILES string of the molecule is CC1(C)C(=O)N(C2CCN(C(=O)[C@@H](NC(=O)C3CCNCC3)C(C)(C)C)CC2)c2ccccc21. The van der Waals surface area contributed by atoms with Gasteiger partial charge in [-0.1, -0.05) is 39.0 Å². The minimum atomic E-state index is -0.556. The fourth-order valence-electron chi connectivity index (χ4n) is 5.62. The number of hydrogen-bond acceptors (Lipinski definition) is 4. The molecule has 0 aromatic heterocycles. The van der Waals surface area contributed by atoms with Crippen LogP contribution in [0.5, 0.6) is 0 Å². The Kier molecular flexibility index (Phi) is 6.78. The number of nitrogens with zero attached hydrogens (tertiary/aromatic N) is 2. The van der Waals surface area contributed by atoms with E-state index in [1.54, 1.807) is 0 Å². The summed E-state index contributed by atoms with van der Waals surface area (Å²) in [4.78, 5) is 43.7. The van der Waals surface area contributed by atoms with Gasteiger partial charge in [-0.3, -0.25) is 14.4 Å². The van der Waals surface area contributed by atoms with Crippen molar-refractivity contribution in [1.82, 2.24) is 15.5 Å². The number of fused-ring (bicyclic) bond motifs is 1. The number of amides is 3. The maximum Gasteiger partial charge on any atom is 0.245 e. The zero-order valence-corrected chi connectivity index (χ0v) is 21.3. The monoisotopic (exact) mass is 468 g/mol. The van der Waals surface area contributed by atoms with Gasteiger partial charge in [-0.05, 0) is 69.7 Å². The molecule has 1 atom stereocenters. The Bertz CT molecular complexity index is 937. The number of rotatable bonds is 4. The Balaban J connectivity index is 1.43. The van der Waals surface area contributed by atoms with E-state index >= 15 is 0 Å². The normalized spacial score (nSPS) is 22.4. The molecule has 0 bridgehead atoms. The highest BCUT2D eigenvalue weighted by atomic mass is 16.2. The molecule has 2 N–H and O–H groups in total.